The van der Waals surface area contributed by atoms with Crippen LogP contribution in [0.1, 0.15) is 43.1 Å². The number of nitrogens with one attached hydrogen (secondary N) is 1. The van der Waals surface area contributed by atoms with E-state index in [-0.39, 0.29) is 12.1 Å². The van der Waals surface area contributed by atoms with Gasteiger partial charge in [-0.15, -0.1) is 0 Å². The van der Waals surface area contributed by atoms with E-state index in [1.165, 1.54) is 5.56 Å². The Hall–Kier alpha value is -2.66. The van der Waals surface area contributed by atoms with Gasteiger partial charge in [-0.2, -0.15) is 0 Å². The third kappa shape index (κ3) is 3.60. The Bertz CT molecular complexity index is 891. The zero-order chi connectivity index (χ0) is 18.6. The molecule has 0 aliphatic carbocycles. The van der Waals surface area contributed by atoms with Gasteiger partial charge in [0.25, 0.3) is 0 Å². The van der Waals surface area contributed by atoms with Gasteiger partial charge in [0.05, 0.1) is 17.8 Å². The minimum atomic E-state index is 0.0576. The molecule has 0 unspecified atom stereocenters. The van der Waals surface area contributed by atoms with Crippen molar-refractivity contribution in [1.29, 1.82) is 0 Å². The van der Waals surface area contributed by atoms with Crippen LogP contribution in [0.5, 0.6) is 0 Å². The largest absolute Gasteiger partial charge is 0.352 e. The molecule has 5 heteroatoms. The summed E-state index contributed by atoms with van der Waals surface area (Å²) in [7, 11) is 0. The van der Waals surface area contributed by atoms with Crippen LogP contribution >= 0.6 is 12.2 Å². The van der Waals surface area contributed by atoms with Crippen molar-refractivity contribution < 1.29 is 0 Å². The quantitative estimate of drug-likeness (QED) is 0.635. The second kappa shape index (κ2) is 7.92. The highest BCUT2D eigenvalue weighted by atomic mass is 32.1. The number of rotatable bonds is 6. The van der Waals surface area contributed by atoms with Gasteiger partial charge in [-0.1, -0.05) is 37.6 Å². The predicted molar refractivity (Wildman–Crippen MR) is 113 cm³/mol. The van der Waals surface area contributed by atoms with Gasteiger partial charge in [0, 0.05) is 30.8 Å². The second-order valence-corrected chi connectivity index (χ2v) is 7.25. The number of aromatic nitrogens is 2. The Morgan fingerprint density at radius 3 is 2.63 bits per heavy atom. The van der Waals surface area contributed by atoms with E-state index in [0.717, 1.165) is 35.9 Å². The maximum Gasteiger partial charge on any atom is 0.170 e. The summed E-state index contributed by atoms with van der Waals surface area (Å²) < 4.78 is 2.17. The van der Waals surface area contributed by atoms with Crippen LogP contribution in [0.15, 0.2) is 73.2 Å². The molecule has 2 aromatic heterocycles. The summed E-state index contributed by atoms with van der Waals surface area (Å²) in [5.41, 5.74) is 3.43. The Morgan fingerprint density at radius 1 is 1.07 bits per heavy atom. The highest BCUT2D eigenvalue weighted by Crippen LogP contribution is 2.39. The number of nitrogens with zero attached hydrogens (tertiary/aromatic N) is 3. The first kappa shape index (κ1) is 17.7. The molecule has 0 amide bonds. The van der Waals surface area contributed by atoms with Gasteiger partial charge < -0.3 is 14.8 Å². The first-order chi connectivity index (χ1) is 13.3. The third-order valence-electron chi connectivity index (χ3n) is 5.06. The lowest BCUT2D eigenvalue weighted by atomic mass is 9.99. The van der Waals surface area contributed by atoms with Gasteiger partial charge in [0.15, 0.2) is 5.11 Å². The third-order valence-corrected chi connectivity index (χ3v) is 5.41. The first-order valence-electron chi connectivity index (χ1n) is 9.49. The van der Waals surface area contributed by atoms with Gasteiger partial charge in [-0.25, -0.2) is 0 Å². The summed E-state index contributed by atoms with van der Waals surface area (Å²) in [6, 6.07) is 18.9. The fourth-order valence-corrected chi connectivity index (χ4v) is 4.02. The highest BCUT2D eigenvalue weighted by molar-refractivity contribution is 7.80. The lowest BCUT2D eigenvalue weighted by Gasteiger charge is -2.27. The number of benzene rings is 1. The average molecular weight is 377 g/mol. The van der Waals surface area contributed by atoms with Gasteiger partial charge in [-0.05, 0) is 54.5 Å². The topological polar surface area (TPSA) is 33.1 Å². The van der Waals surface area contributed by atoms with E-state index in [9.17, 15) is 0 Å². The van der Waals surface area contributed by atoms with Crippen LogP contribution in [0.2, 0.25) is 0 Å². The molecule has 0 spiro atoms. The molecular formula is C22H24N4S. The van der Waals surface area contributed by atoms with Crippen molar-refractivity contribution in [3.05, 3.63) is 84.4 Å². The Balaban J connectivity index is 1.70. The van der Waals surface area contributed by atoms with Gasteiger partial charge in [-0.3, -0.25) is 4.98 Å². The molecule has 1 fully saturated rings. The highest BCUT2D eigenvalue weighted by Gasteiger charge is 2.39. The maximum atomic E-state index is 5.69. The van der Waals surface area contributed by atoms with E-state index in [2.05, 4.69) is 75.5 Å². The normalized spacial score (nSPS) is 19.3. The molecular weight excluding hydrogens is 352 g/mol. The van der Waals surface area contributed by atoms with E-state index in [1.54, 1.807) is 0 Å². The van der Waals surface area contributed by atoms with Crippen LogP contribution in [0.25, 0.3) is 5.69 Å². The average Bonchev–Trinajstić information content (AvgIpc) is 3.32. The fraction of sp³-hybridized carbons (Fsp3) is 0.273. The molecule has 27 heavy (non-hydrogen) atoms. The van der Waals surface area contributed by atoms with Gasteiger partial charge in [0.2, 0.25) is 0 Å². The molecule has 0 bridgehead atoms. The Morgan fingerprint density at radius 2 is 1.89 bits per heavy atom. The standard InChI is InChI=1S/C22H24N4S/c1-2-3-14-26-21(20(24-22(26)27)19-11-7-8-13-23-19)17-12-15-25(16-17)18-9-5-4-6-10-18/h4-13,15-16,20-21H,2-3,14H2,1H3,(H,24,27)/t20-,21-/m1/s1. The minimum absolute atomic E-state index is 0.0576. The van der Waals surface area contributed by atoms with Crippen LogP contribution in [-0.2, 0) is 0 Å². The molecule has 3 heterocycles. The van der Waals surface area contributed by atoms with Crippen molar-refractivity contribution in [2.24, 2.45) is 0 Å². The molecule has 138 valence electrons. The van der Waals surface area contributed by atoms with Crippen LogP contribution in [0.3, 0.4) is 0 Å². The van der Waals surface area contributed by atoms with E-state index in [4.69, 9.17) is 12.2 Å². The molecule has 1 saturated heterocycles. The van der Waals surface area contributed by atoms with E-state index in [0.29, 0.717) is 0 Å². The molecule has 0 radical (unpaired) electrons. The molecule has 1 aliphatic rings. The number of hydrogen-bond donors (Lipinski definition) is 1. The Labute approximate surface area is 165 Å². The summed E-state index contributed by atoms with van der Waals surface area (Å²) in [4.78, 5) is 6.92. The summed E-state index contributed by atoms with van der Waals surface area (Å²) in [6.07, 6.45) is 8.45. The second-order valence-electron chi connectivity index (χ2n) is 6.86. The number of pyridine rings is 1. The molecule has 2 atom stereocenters. The lowest BCUT2D eigenvalue weighted by Crippen LogP contribution is -2.30. The van der Waals surface area contributed by atoms with Crippen LogP contribution in [0.4, 0.5) is 0 Å². The molecule has 4 nitrogen and oxygen atoms in total. The minimum Gasteiger partial charge on any atom is -0.352 e. The number of unbranched alkanes of at least 4 members (excludes halogenated alkanes) is 1. The fourth-order valence-electron chi connectivity index (χ4n) is 3.69. The SMILES string of the molecule is CCCCN1C(=S)N[C@H](c2ccccn2)[C@H]1c1ccn(-c2ccccc2)c1. The number of hydrogen-bond acceptors (Lipinski definition) is 2. The molecule has 1 aromatic carbocycles. The van der Waals surface area contributed by atoms with Crippen molar-refractivity contribution in [2.45, 2.75) is 31.8 Å². The predicted octanol–water partition coefficient (Wildman–Crippen LogP) is 4.64. The van der Waals surface area contributed by atoms with Crippen molar-refractivity contribution >= 4 is 17.3 Å². The van der Waals surface area contributed by atoms with Crippen molar-refractivity contribution in [2.75, 3.05) is 6.54 Å². The van der Waals surface area contributed by atoms with Crippen LogP contribution in [0, 0.1) is 0 Å². The van der Waals surface area contributed by atoms with Crippen molar-refractivity contribution in [3.63, 3.8) is 0 Å². The molecule has 3 aromatic rings. The summed E-state index contributed by atoms with van der Waals surface area (Å²) in [6.45, 7) is 3.16. The molecule has 1 aliphatic heterocycles. The molecule has 1 N–H and O–H groups in total. The molecule has 0 saturated carbocycles. The van der Waals surface area contributed by atoms with E-state index >= 15 is 0 Å². The van der Waals surface area contributed by atoms with Gasteiger partial charge in [0.1, 0.15) is 0 Å². The van der Waals surface area contributed by atoms with Crippen LogP contribution in [-0.4, -0.2) is 26.1 Å². The number of thiocarbonyl (C=S) groups is 1. The monoisotopic (exact) mass is 376 g/mol. The summed E-state index contributed by atoms with van der Waals surface area (Å²) in [5.74, 6) is 0. The number of para-hydroxylation sites is 1. The Kier molecular flexibility index (Phi) is 5.21. The molecule has 4 rings (SSSR count). The first-order valence-corrected chi connectivity index (χ1v) is 9.90. The lowest BCUT2D eigenvalue weighted by molar-refractivity contribution is 0.313. The van der Waals surface area contributed by atoms with Gasteiger partial charge >= 0.3 is 0 Å². The van der Waals surface area contributed by atoms with E-state index in [1.807, 2.05) is 24.4 Å². The van der Waals surface area contributed by atoms with Crippen LogP contribution < -0.4 is 5.32 Å². The zero-order valence-electron chi connectivity index (χ0n) is 15.5. The van der Waals surface area contributed by atoms with Crippen molar-refractivity contribution in [1.82, 2.24) is 19.8 Å². The van der Waals surface area contributed by atoms with Crippen molar-refractivity contribution in [3.8, 4) is 5.69 Å². The summed E-state index contributed by atoms with van der Waals surface area (Å²) >= 11 is 5.69. The van der Waals surface area contributed by atoms with E-state index < -0.39 is 0 Å². The maximum absolute atomic E-state index is 5.69. The summed E-state index contributed by atoms with van der Waals surface area (Å²) in [5, 5.41) is 4.33. The smallest absolute Gasteiger partial charge is 0.170 e. The zero-order valence-corrected chi connectivity index (χ0v) is 16.3.